The third-order valence-corrected chi connectivity index (χ3v) is 4.76. The van der Waals surface area contributed by atoms with Gasteiger partial charge in [-0.3, -0.25) is 28.8 Å². The Morgan fingerprint density at radius 3 is 1.00 bits per heavy atom. The fraction of sp³-hybridized carbons (Fsp3) is 0.571. The van der Waals surface area contributed by atoms with E-state index in [0.29, 0.717) is 0 Å². The standard InChI is InChI=1S/C14H17O15P/c15-7(16)13(8(17)18,9(19)20)3-1-5-28-30(27)29-6-2-4-14(10(21)22,11(23)24)12(25)26/h1-6H2,(H5-,15,16,17,18,19,20,21,22,23,24,25,26)/p+1. The molecule has 0 bridgehead atoms. The predicted molar refractivity (Wildman–Crippen MR) is 88.7 cm³/mol. The van der Waals surface area contributed by atoms with Crippen molar-refractivity contribution < 1.29 is 73.0 Å². The van der Waals surface area contributed by atoms with Crippen molar-refractivity contribution in [2.45, 2.75) is 25.7 Å². The van der Waals surface area contributed by atoms with E-state index in [9.17, 15) is 33.3 Å². The number of aliphatic carboxylic acids is 6. The van der Waals surface area contributed by atoms with Gasteiger partial charge in [-0.1, -0.05) is 0 Å². The summed E-state index contributed by atoms with van der Waals surface area (Å²) in [5, 5.41) is 53.3. The first-order valence-electron chi connectivity index (χ1n) is 7.90. The van der Waals surface area contributed by atoms with Crippen molar-refractivity contribution in [1.29, 1.82) is 0 Å². The average molecular weight is 457 g/mol. The number of carboxylic acids is 6. The Bertz CT molecular complexity index is 610. The molecule has 0 fully saturated rings. The van der Waals surface area contributed by atoms with Crippen LogP contribution in [-0.2, 0) is 42.4 Å². The van der Waals surface area contributed by atoms with Gasteiger partial charge in [0.25, 0.3) is 10.8 Å². The van der Waals surface area contributed by atoms with E-state index < -0.39 is 93.8 Å². The maximum atomic E-state index is 11.5. The number of hydrogen-bond donors (Lipinski definition) is 6. The molecular weight excluding hydrogens is 439 g/mol. The minimum atomic E-state index is -3.12. The van der Waals surface area contributed by atoms with Gasteiger partial charge in [0, 0.05) is 4.57 Å². The molecule has 0 spiro atoms. The van der Waals surface area contributed by atoms with Crippen LogP contribution in [0.1, 0.15) is 25.7 Å². The largest absolute Gasteiger partial charge is 0.697 e. The van der Waals surface area contributed by atoms with Crippen molar-refractivity contribution in [1.82, 2.24) is 0 Å². The van der Waals surface area contributed by atoms with Crippen LogP contribution in [0.2, 0.25) is 0 Å². The van der Waals surface area contributed by atoms with Crippen LogP contribution < -0.4 is 0 Å². The van der Waals surface area contributed by atoms with Gasteiger partial charge in [-0.15, -0.1) is 9.05 Å². The lowest BCUT2D eigenvalue weighted by atomic mass is 9.83. The van der Waals surface area contributed by atoms with E-state index in [-0.39, 0.29) is 0 Å². The first kappa shape index (κ1) is 26.8. The van der Waals surface area contributed by atoms with Crippen molar-refractivity contribution in [2.75, 3.05) is 13.2 Å². The van der Waals surface area contributed by atoms with E-state index in [4.69, 9.17) is 30.6 Å². The molecule has 0 rings (SSSR count). The van der Waals surface area contributed by atoms with Gasteiger partial charge in [0.1, 0.15) is 13.2 Å². The molecule has 0 saturated heterocycles. The Hall–Kier alpha value is -3.16. The second-order valence-electron chi connectivity index (χ2n) is 5.74. The van der Waals surface area contributed by atoms with Crippen LogP contribution in [0.3, 0.4) is 0 Å². The van der Waals surface area contributed by atoms with Gasteiger partial charge in [-0.25, -0.2) is 0 Å². The average Bonchev–Trinajstić information content (AvgIpc) is 2.59. The van der Waals surface area contributed by atoms with E-state index in [2.05, 4.69) is 9.05 Å². The first-order chi connectivity index (χ1) is 13.8. The van der Waals surface area contributed by atoms with Crippen LogP contribution >= 0.6 is 8.25 Å². The first-order valence-corrected chi connectivity index (χ1v) is 8.99. The molecule has 0 saturated carbocycles. The lowest BCUT2D eigenvalue weighted by Gasteiger charge is -2.19. The smallest absolute Gasteiger partial charge is 0.480 e. The summed E-state index contributed by atoms with van der Waals surface area (Å²) in [6, 6.07) is 0. The van der Waals surface area contributed by atoms with E-state index in [1.54, 1.807) is 0 Å². The summed E-state index contributed by atoms with van der Waals surface area (Å²) >= 11 is 0. The highest BCUT2D eigenvalue weighted by Crippen LogP contribution is 2.30. The highest BCUT2D eigenvalue weighted by atomic mass is 31.1. The molecule has 6 N–H and O–H groups in total. The number of carbonyl (C=O) groups is 6. The van der Waals surface area contributed by atoms with Crippen molar-refractivity contribution in [2.24, 2.45) is 10.8 Å². The number of carboxylic acid groups (broad SMARTS) is 6. The minimum absolute atomic E-state index is 0.449. The second kappa shape index (κ2) is 11.1. The topological polar surface area (TPSA) is 259 Å². The van der Waals surface area contributed by atoms with Crippen LogP contribution in [0, 0.1) is 10.8 Å². The van der Waals surface area contributed by atoms with E-state index in [0.717, 1.165) is 0 Å². The summed E-state index contributed by atoms with van der Waals surface area (Å²) < 4.78 is 20.7. The fourth-order valence-electron chi connectivity index (χ4n) is 2.18. The van der Waals surface area contributed by atoms with E-state index in [1.165, 1.54) is 0 Å². The molecule has 0 aromatic heterocycles. The van der Waals surface area contributed by atoms with Crippen LogP contribution in [-0.4, -0.2) is 79.7 Å². The Kier molecular flexibility index (Phi) is 9.96. The van der Waals surface area contributed by atoms with Crippen LogP contribution in [0.5, 0.6) is 0 Å². The van der Waals surface area contributed by atoms with E-state index in [1.807, 2.05) is 0 Å². The Morgan fingerprint density at radius 2 is 0.800 bits per heavy atom. The number of hydrogen-bond acceptors (Lipinski definition) is 9. The molecule has 0 amide bonds. The second-order valence-corrected chi connectivity index (χ2v) is 6.70. The zero-order valence-corrected chi connectivity index (χ0v) is 15.9. The highest BCUT2D eigenvalue weighted by Gasteiger charge is 2.55. The Morgan fingerprint density at radius 1 is 0.567 bits per heavy atom. The lowest BCUT2D eigenvalue weighted by molar-refractivity contribution is -0.179. The molecule has 168 valence electrons. The highest BCUT2D eigenvalue weighted by molar-refractivity contribution is 7.33. The summed E-state index contributed by atoms with van der Waals surface area (Å²) in [5.74, 6) is -12.7. The Balaban J connectivity index is 4.59. The molecule has 30 heavy (non-hydrogen) atoms. The van der Waals surface area contributed by atoms with Crippen molar-refractivity contribution >= 4 is 44.1 Å². The maximum absolute atomic E-state index is 11.5. The molecule has 0 atom stereocenters. The number of rotatable bonds is 16. The normalized spacial score (nSPS) is 11.5. The van der Waals surface area contributed by atoms with Gasteiger partial charge < -0.3 is 30.6 Å². The molecule has 0 aliphatic rings. The third kappa shape index (κ3) is 5.92. The minimum Gasteiger partial charge on any atom is -0.480 e. The van der Waals surface area contributed by atoms with Crippen molar-refractivity contribution in [3.05, 3.63) is 0 Å². The van der Waals surface area contributed by atoms with Gasteiger partial charge in [0.15, 0.2) is 0 Å². The molecule has 15 nitrogen and oxygen atoms in total. The Labute approximate surface area is 167 Å². The molecule has 0 aromatic rings. The monoisotopic (exact) mass is 457 g/mol. The zero-order chi connectivity index (χ0) is 23.7. The lowest BCUT2D eigenvalue weighted by Crippen LogP contribution is -2.46. The molecule has 16 heteroatoms. The summed E-state index contributed by atoms with van der Waals surface area (Å²) in [5.41, 5.74) is -6.24. The predicted octanol–water partition coefficient (Wildman–Crippen LogP) is -0.282. The van der Waals surface area contributed by atoms with Gasteiger partial charge in [0.05, 0.1) is 0 Å². The summed E-state index contributed by atoms with van der Waals surface area (Å²) in [7, 11) is -2.90. The van der Waals surface area contributed by atoms with Gasteiger partial charge in [-0.05, 0) is 25.7 Å². The quantitative estimate of drug-likeness (QED) is 0.0988. The molecule has 0 aliphatic heterocycles. The maximum Gasteiger partial charge on any atom is 0.697 e. The van der Waals surface area contributed by atoms with Crippen molar-refractivity contribution in [3.63, 3.8) is 0 Å². The SMILES string of the molecule is O=C(O)C(CCCO[P+](=O)OCCCC(C(=O)O)(C(=O)O)C(=O)O)(C(=O)O)C(=O)O. The van der Waals surface area contributed by atoms with Crippen LogP contribution in [0.15, 0.2) is 0 Å². The summed E-state index contributed by atoms with van der Waals surface area (Å²) in [4.78, 5) is 66.1. The molecular formula is C14H18O15P+. The van der Waals surface area contributed by atoms with E-state index >= 15 is 0 Å². The van der Waals surface area contributed by atoms with Gasteiger partial charge in [0.2, 0.25) is 0 Å². The molecule has 0 unspecified atom stereocenters. The molecule has 0 aliphatic carbocycles. The molecule has 0 aromatic carbocycles. The molecule has 0 heterocycles. The van der Waals surface area contributed by atoms with Gasteiger partial charge >= 0.3 is 44.1 Å². The van der Waals surface area contributed by atoms with Crippen LogP contribution in [0.25, 0.3) is 0 Å². The van der Waals surface area contributed by atoms with Crippen molar-refractivity contribution in [3.8, 4) is 0 Å². The summed E-state index contributed by atoms with van der Waals surface area (Å²) in [6.07, 6.45) is -2.69. The van der Waals surface area contributed by atoms with Gasteiger partial charge in [-0.2, -0.15) is 0 Å². The third-order valence-electron chi connectivity index (χ3n) is 3.98. The zero-order valence-electron chi connectivity index (χ0n) is 15.0. The fourth-order valence-corrected chi connectivity index (χ4v) is 2.81. The molecule has 0 radical (unpaired) electrons. The van der Waals surface area contributed by atoms with Crippen LogP contribution in [0.4, 0.5) is 0 Å². The summed E-state index contributed by atoms with van der Waals surface area (Å²) in [6.45, 7) is -1.12.